The Kier molecular flexibility index (Phi) is 4.76. The third-order valence-electron chi connectivity index (χ3n) is 4.16. The summed E-state index contributed by atoms with van der Waals surface area (Å²) in [6.07, 6.45) is 0. The van der Waals surface area contributed by atoms with Crippen LogP contribution in [-0.2, 0) is 4.65 Å². The van der Waals surface area contributed by atoms with Crippen LogP contribution in [0.4, 0.5) is 0 Å². The molecule has 3 nitrogen and oxygen atoms in total. The number of benzene rings is 2. The molecule has 0 fully saturated rings. The van der Waals surface area contributed by atoms with Gasteiger partial charge in [-0.1, -0.05) is 54.6 Å². The van der Waals surface area contributed by atoms with Gasteiger partial charge in [0.15, 0.2) is 0 Å². The Hall–Kier alpha value is -1.62. The van der Waals surface area contributed by atoms with E-state index in [9.17, 15) is 10.1 Å². The quantitative estimate of drug-likeness (QED) is 0.834. The Morgan fingerprint density at radius 1 is 0.864 bits per heavy atom. The molecular formula is C18H23BO3. The molecule has 0 aliphatic rings. The van der Waals surface area contributed by atoms with E-state index in [1.54, 1.807) is 27.7 Å². The van der Waals surface area contributed by atoms with Crippen molar-refractivity contribution in [3.63, 3.8) is 0 Å². The van der Waals surface area contributed by atoms with E-state index in [1.807, 2.05) is 54.6 Å². The largest absolute Gasteiger partial charge is 0.491 e. The third kappa shape index (κ3) is 3.77. The Labute approximate surface area is 132 Å². The molecule has 0 saturated heterocycles. The Morgan fingerprint density at radius 3 is 2.05 bits per heavy atom. The van der Waals surface area contributed by atoms with E-state index in [-0.39, 0.29) is 0 Å². The van der Waals surface area contributed by atoms with E-state index in [0.717, 1.165) is 11.1 Å². The van der Waals surface area contributed by atoms with Gasteiger partial charge in [0.25, 0.3) is 0 Å². The van der Waals surface area contributed by atoms with Gasteiger partial charge in [-0.15, -0.1) is 0 Å². The minimum atomic E-state index is -1.09. The highest BCUT2D eigenvalue weighted by atomic mass is 16.5. The topological polar surface area (TPSA) is 49.7 Å². The molecule has 0 unspecified atom stereocenters. The zero-order valence-electron chi connectivity index (χ0n) is 13.6. The van der Waals surface area contributed by atoms with Gasteiger partial charge >= 0.3 is 7.12 Å². The van der Waals surface area contributed by atoms with E-state index in [1.165, 1.54) is 0 Å². The predicted molar refractivity (Wildman–Crippen MR) is 90.9 cm³/mol. The molecule has 2 rings (SSSR count). The molecule has 2 aromatic carbocycles. The molecule has 0 saturated carbocycles. The van der Waals surface area contributed by atoms with E-state index in [2.05, 4.69) is 0 Å². The Balaban J connectivity index is 2.23. The molecule has 2 N–H and O–H groups in total. The monoisotopic (exact) mass is 298 g/mol. The van der Waals surface area contributed by atoms with Crippen LogP contribution in [0.3, 0.4) is 0 Å². The molecule has 0 atom stereocenters. The summed E-state index contributed by atoms with van der Waals surface area (Å²) < 4.78 is 5.68. The van der Waals surface area contributed by atoms with Crippen molar-refractivity contribution < 1.29 is 14.8 Å². The molecule has 2 aromatic rings. The van der Waals surface area contributed by atoms with Crippen LogP contribution in [0.25, 0.3) is 11.1 Å². The molecule has 116 valence electrons. The first kappa shape index (κ1) is 16.8. The van der Waals surface area contributed by atoms with Crippen LogP contribution in [0.1, 0.15) is 27.7 Å². The lowest BCUT2D eigenvalue weighted by molar-refractivity contribution is -0.0982. The van der Waals surface area contributed by atoms with Gasteiger partial charge in [0.2, 0.25) is 0 Å². The highest BCUT2D eigenvalue weighted by molar-refractivity contribution is 6.60. The van der Waals surface area contributed by atoms with Crippen LogP contribution < -0.4 is 5.46 Å². The van der Waals surface area contributed by atoms with Crippen molar-refractivity contribution in [3.8, 4) is 11.1 Å². The minimum absolute atomic E-state index is 0.665. The first-order valence-corrected chi connectivity index (χ1v) is 7.44. The maximum Gasteiger partial charge on any atom is 0.491 e. The van der Waals surface area contributed by atoms with E-state index >= 15 is 0 Å². The van der Waals surface area contributed by atoms with Crippen molar-refractivity contribution in [2.75, 3.05) is 0 Å². The van der Waals surface area contributed by atoms with Crippen LogP contribution in [0.5, 0.6) is 0 Å². The molecule has 0 aliphatic heterocycles. The molecule has 0 aliphatic carbocycles. The van der Waals surface area contributed by atoms with Gasteiger partial charge in [0.1, 0.15) is 0 Å². The van der Waals surface area contributed by atoms with Crippen LogP contribution in [0.2, 0.25) is 0 Å². The summed E-state index contributed by atoms with van der Waals surface area (Å²) in [5.41, 5.74) is 0.819. The van der Waals surface area contributed by atoms with E-state index in [4.69, 9.17) is 4.65 Å². The fourth-order valence-electron chi connectivity index (χ4n) is 1.99. The summed E-state index contributed by atoms with van der Waals surface area (Å²) in [5.74, 6) is 0. The fraction of sp³-hybridized carbons (Fsp3) is 0.333. The zero-order valence-corrected chi connectivity index (χ0v) is 13.6. The molecule has 0 heterocycles. The van der Waals surface area contributed by atoms with Crippen LogP contribution >= 0.6 is 0 Å². The smallest absolute Gasteiger partial charge is 0.423 e. The Morgan fingerprint density at radius 2 is 1.45 bits per heavy atom. The number of hydrogen-bond acceptors (Lipinski definition) is 3. The van der Waals surface area contributed by atoms with Crippen molar-refractivity contribution >= 4 is 12.6 Å². The average molecular weight is 298 g/mol. The second-order valence-corrected chi connectivity index (χ2v) is 6.53. The highest BCUT2D eigenvalue weighted by Gasteiger charge is 2.39. The van der Waals surface area contributed by atoms with Crippen molar-refractivity contribution in [1.29, 1.82) is 0 Å². The van der Waals surface area contributed by atoms with Crippen LogP contribution in [0.15, 0.2) is 54.6 Å². The summed E-state index contributed by atoms with van der Waals surface area (Å²) in [5, 5.41) is 20.5. The summed E-state index contributed by atoms with van der Waals surface area (Å²) in [6, 6.07) is 17.6. The second-order valence-electron chi connectivity index (χ2n) is 6.53. The molecule has 0 amide bonds. The van der Waals surface area contributed by atoms with Gasteiger partial charge in [-0.25, -0.2) is 0 Å². The van der Waals surface area contributed by atoms with Gasteiger partial charge in [-0.3, -0.25) is 0 Å². The molecule has 22 heavy (non-hydrogen) atoms. The standard InChI is InChI=1S/C18H23BO3/c1-17(2,20)18(3,4)22-19(21)16-12-8-11-15(13-16)14-9-6-5-7-10-14/h5-13,20-21H,1-4H3. The lowest BCUT2D eigenvalue weighted by Crippen LogP contribution is -2.53. The third-order valence-corrected chi connectivity index (χ3v) is 4.16. The minimum Gasteiger partial charge on any atom is -0.423 e. The van der Waals surface area contributed by atoms with Crippen molar-refractivity contribution in [2.24, 2.45) is 0 Å². The lowest BCUT2D eigenvalue weighted by atomic mass is 9.75. The van der Waals surface area contributed by atoms with Crippen molar-refractivity contribution in [2.45, 2.75) is 38.9 Å². The van der Waals surface area contributed by atoms with Crippen LogP contribution in [-0.4, -0.2) is 28.5 Å². The van der Waals surface area contributed by atoms with Crippen molar-refractivity contribution in [1.82, 2.24) is 0 Å². The maximum absolute atomic E-state index is 10.4. The Bertz CT molecular complexity index is 618. The van der Waals surface area contributed by atoms with Crippen molar-refractivity contribution in [3.05, 3.63) is 54.6 Å². The molecule has 0 bridgehead atoms. The van der Waals surface area contributed by atoms with Crippen LogP contribution in [0, 0.1) is 0 Å². The highest BCUT2D eigenvalue weighted by Crippen LogP contribution is 2.25. The second kappa shape index (κ2) is 6.25. The summed E-state index contributed by atoms with van der Waals surface area (Å²) >= 11 is 0. The van der Waals surface area contributed by atoms with E-state index < -0.39 is 18.3 Å². The molecule has 0 spiro atoms. The summed E-state index contributed by atoms with van der Waals surface area (Å²) in [4.78, 5) is 0. The van der Waals surface area contributed by atoms with Gasteiger partial charge in [0, 0.05) is 0 Å². The fourth-order valence-corrected chi connectivity index (χ4v) is 1.99. The normalized spacial score (nSPS) is 12.3. The van der Waals surface area contributed by atoms with Gasteiger partial charge in [0.05, 0.1) is 11.2 Å². The lowest BCUT2D eigenvalue weighted by Gasteiger charge is -2.38. The summed E-state index contributed by atoms with van der Waals surface area (Å²) in [6.45, 7) is 6.86. The zero-order chi connectivity index (χ0) is 16.4. The number of rotatable bonds is 5. The molecule has 0 aromatic heterocycles. The average Bonchev–Trinajstić information content (AvgIpc) is 2.47. The first-order chi connectivity index (χ1) is 10.2. The van der Waals surface area contributed by atoms with Gasteiger partial charge in [-0.05, 0) is 44.3 Å². The molecule has 4 heteroatoms. The molecular weight excluding hydrogens is 275 g/mol. The predicted octanol–water partition coefficient (Wildman–Crippen LogP) is 2.61. The SMILES string of the molecule is CC(C)(O)C(C)(C)OB(O)c1cccc(-c2ccccc2)c1. The van der Waals surface area contributed by atoms with Gasteiger partial charge in [-0.2, -0.15) is 0 Å². The summed E-state index contributed by atoms with van der Waals surface area (Å²) in [7, 11) is -1.09. The maximum atomic E-state index is 10.4. The van der Waals surface area contributed by atoms with E-state index in [0.29, 0.717) is 5.46 Å². The van der Waals surface area contributed by atoms with Gasteiger partial charge < -0.3 is 14.8 Å². The first-order valence-electron chi connectivity index (χ1n) is 7.44. The number of hydrogen-bond donors (Lipinski definition) is 2. The molecule has 0 radical (unpaired) electrons. The number of aliphatic hydroxyl groups is 1.